The molecule has 0 aromatic heterocycles. The zero-order valence-corrected chi connectivity index (χ0v) is 11.8. The van der Waals surface area contributed by atoms with Crippen molar-refractivity contribution in [1.29, 1.82) is 0 Å². The molecule has 0 saturated carbocycles. The van der Waals surface area contributed by atoms with Crippen molar-refractivity contribution in [2.45, 2.75) is 18.4 Å². The van der Waals surface area contributed by atoms with Crippen LogP contribution >= 0.6 is 0 Å². The van der Waals surface area contributed by atoms with Crippen molar-refractivity contribution in [3.63, 3.8) is 0 Å². The third-order valence-corrected chi connectivity index (χ3v) is 5.39. The van der Waals surface area contributed by atoms with Gasteiger partial charge in [-0.15, -0.1) is 0 Å². The van der Waals surface area contributed by atoms with Crippen LogP contribution in [-0.4, -0.2) is 38.5 Å². The number of carbonyl (C=O) groups excluding carboxylic acids is 1. The molecule has 1 aromatic carbocycles. The number of rotatable bonds is 1. The first-order valence-corrected chi connectivity index (χ1v) is 8.09. The van der Waals surface area contributed by atoms with Crippen LogP contribution in [-0.2, 0) is 20.4 Å². The molecule has 19 heavy (non-hydrogen) atoms. The highest BCUT2D eigenvalue weighted by Crippen LogP contribution is 2.50. The van der Waals surface area contributed by atoms with Crippen molar-refractivity contribution >= 4 is 21.6 Å². The normalized spacial score (nSPS) is 27.3. The van der Waals surface area contributed by atoms with E-state index in [0.717, 1.165) is 11.3 Å². The van der Waals surface area contributed by atoms with Gasteiger partial charge >= 0.3 is 0 Å². The van der Waals surface area contributed by atoms with Gasteiger partial charge in [-0.05, 0) is 18.9 Å². The zero-order valence-electron chi connectivity index (χ0n) is 11.0. The molecule has 1 saturated heterocycles. The van der Waals surface area contributed by atoms with Crippen molar-refractivity contribution in [3.05, 3.63) is 29.8 Å². The van der Waals surface area contributed by atoms with Crippen LogP contribution in [0.2, 0.25) is 0 Å². The maximum atomic E-state index is 12.7. The van der Waals surface area contributed by atoms with E-state index in [0.29, 0.717) is 19.4 Å². The Morgan fingerprint density at radius 2 is 1.95 bits per heavy atom. The van der Waals surface area contributed by atoms with Crippen LogP contribution in [0, 0.1) is 0 Å². The quantitative estimate of drug-likeness (QED) is 0.768. The Morgan fingerprint density at radius 3 is 2.63 bits per heavy atom. The highest BCUT2D eigenvalue weighted by atomic mass is 32.2. The van der Waals surface area contributed by atoms with E-state index < -0.39 is 15.6 Å². The number of hydrogen-bond donors (Lipinski definition) is 0. The van der Waals surface area contributed by atoms with E-state index in [1.165, 1.54) is 10.6 Å². The van der Waals surface area contributed by atoms with Crippen molar-refractivity contribution < 1.29 is 13.2 Å². The number of benzene rings is 1. The van der Waals surface area contributed by atoms with Crippen molar-refractivity contribution in [3.8, 4) is 0 Å². The van der Waals surface area contributed by atoms with Crippen LogP contribution in [0.1, 0.15) is 18.4 Å². The third kappa shape index (κ3) is 1.50. The second-order valence-electron chi connectivity index (χ2n) is 5.18. The number of amides is 1. The van der Waals surface area contributed by atoms with E-state index in [-0.39, 0.29) is 5.91 Å². The summed E-state index contributed by atoms with van der Waals surface area (Å²) in [6.07, 6.45) is 2.44. The standard InChI is InChI=1S/C13H16N2O3S/c1-14-11-7-4-3-6-10(11)13(12(14)16)8-5-9-15(13)19(2,17)18/h3-4,6-7H,5,8-9H2,1-2H3. The van der Waals surface area contributed by atoms with Crippen molar-refractivity contribution in [2.24, 2.45) is 0 Å². The first kappa shape index (κ1) is 12.6. The monoisotopic (exact) mass is 280 g/mol. The molecule has 5 nitrogen and oxygen atoms in total. The van der Waals surface area contributed by atoms with Crippen LogP contribution in [0.3, 0.4) is 0 Å². The molecule has 0 aliphatic carbocycles. The van der Waals surface area contributed by atoms with Crippen LogP contribution in [0.4, 0.5) is 5.69 Å². The molecule has 2 heterocycles. The van der Waals surface area contributed by atoms with E-state index in [1.54, 1.807) is 11.9 Å². The van der Waals surface area contributed by atoms with Gasteiger partial charge in [-0.1, -0.05) is 18.2 Å². The van der Waals surface area contributed by atoms with Gasteiger partial charge in [-0.25, -0.2) is 8.42 Å². The van der Waals surface area contributed by atoms with Gasteiger partial charge in [-0.3, -0.25) is 4.79 Å². The van der Waals surface area contributed by atoms with Gasteiger partial charge in [0.25, 0.3) is 5.91 Å². The maximum absolute atomic E-state index is 12.7. The van der Waals surface area contributed by atoms with E-state index in [1.807, 2.05) is 24.3 Å². The number of sulfonamides is 1. The van der Waals surface area contributed by atoms with E-state index in [9.17, 15) is 13.2 Å². The molecule has 102 valence electrons. The Labute approximate surface area is 112 Å². The lowest BCUT2D eigenvalue weighted by Gasteiger charge is -2.31. The Hall–Kier alpha value is -1.40. The molecular weight excluding hydrogens is 264 g/mol. The lowest BCUT2D eigenvalue weighted by Crippen LogP contribution is -2.50. The van der Waals surface area contributed by atoms with Gasteiger partial charge < -0.3 is 4.90 Å². The van der Waals surface area contributed by atoms with Crippen LogP contribution in [0.15, 0.2) is 24.3 Å². The fraction of sp³-hybridized carbons (Fsp3) is 0.462. The van der Waals surface area contributed by atoms with Crippen molar-refractivity contribution in [1.82, 2.24) is 4.31 Å². The number of fused-ring (bicyclic) bond motifs is 2. The molecule has 0 radical (unpaired) electrons. The number of nitrogens with zero attached hydrogens (tertiary/aromatic N) is 2. The summed E-state index contributed by atoms with van der Waals surface area (Å²) in [6.45, 7) is 0.409. The van der Waals surface area contributed by atoms with Crippen LogP contribution in [0.25, 0.3) is 0 Å². The average Bonchev–Trinajstić information content (AvgIpc) is 2.89. The topological polar surface area (TPSA) is 57.7 Å². The number of likely N-dealkylation sites (N-methyl/N-ethyl adjacent to an activating group) is 1. The lowest BCUT2D eigenvalue weighted by molar-refractivity contribution is -0.125. The zero-order chi connectivity index (χ0) is 13.8. The smallest absolute Gasteiger partial charge is 0.252 e. The summed E-state index contributed by atoms with van der Waals surface area (Å²) in [7, 11) is -1.70. The Bertz CT molecular complexity index is 656. The fourth-order valence-electron chi connectivity index (χ4n) is 3.34. The maximum Gasteiger partial charge on any atom is 0.252 e. The summed E-state index contributed by atoms with van der Waals surface area (Å²) < 4.78 is 25.4. The molecule has 1 fully saturated rings. The van der Waals surface area contributed by atoms with Crippen LogP contribution in [0.5, 0.6) is 0 Å². The molecule has 1 atom stereocenters. The second kappa shape index (κ2) is 3.80. The summed E-state index contributed by atoms with van der Waals surface area (Å²) in [5.74, 6) is -0.142. The number of para-hydroxylation sites is 1. The predicted octanol–water partition coefficient (Wildman–Crippen LogP) is 0.914. The summed E-state index contributed by atoms with van der Waals surface area (Å²) in [5.41, 5.74) is 0.604. The SMILES string of the molecule is CN1C(=O)C2(CCCN2S(C)(=O)=O)c2ccccc21. The number of hydrogen-bond acceptors (Lipinski definition) is 3. The molecule has 0 bridgehead atoms. The highest BCUT2D eigenvalue weighted by Gasteiger charge is 2.58. The minimum atomic E-state index is -3.41. The Kier molecular flexibility index (Phi) is 2.53. The first-order valence-electron chi connectivity index (χ1n) is 6.24. The average molecular weight is 280 g/mol. The second-order valence-corrected chi connectivity index (χ2v) is 7.09. The molecular formula is C13H16N2O3S. The highest BCUT2D eigenvalue weighted by molar-refractivity contribution is 7.88. The predicted molar refractivity (Wildman–Crippen MR) is 72.3 cm³/mol. The van der Waals surface area contributed by atoms with E-state index in [4.69, 9.17) is 0 Å². The molecule has 0 N–H and O–H groups in total. The molecule has 1 amide bonds. The number of anilines is 1. The molecule has 1 aromatic rings. The molecule has 1 unspecified atom stereocenters. The summed E-state index contributed by atoms with van der Waals surface area (Å²) in [5, 5.41) is 0. The summed E-state index contributed by atoms with van der Waals surface area (Å²) >= 11 is 0. The molecule has 6 heteroatoms. The van der Waals surface area contributed by atoms with Gasteiger partial charge in [0.1, 0.15) is 5.54 Å². The first-order chi connectivity index (χ1) is 8.89. The lowest BCUT2D eigenvalue weighted by atomic mass is 9.90. The van der Waals surface area contributed by atoms with Crippen LogP contribution < -0.4 is 4.90 Å². The molecule has 3 rings (SSSR count). The van der Waals surface area contributed by atoms with E-state index >= 15 is 0 Å². The number of carbonyl (C=O) groups is 1. The van der Waals surface area contributed by atoms with Gasteiger partial charge in [0.2, 0.25) is 10.0 Å². The largest absolute Gasteiger partial charge is 0.313 e. The van der Waals surface area contributed by atoms with Gasteiger partial charge in [-0.2, -0.15) is 4.31 Å². The fourth-order valence-corrected chi connectivity index (χ4v) is 4.64. The van der Waals surface area contributed by atoms with Gasteiger partial charge in [0.05, 0.1) is 6.26 Å². The van der Waals surface area contributed by atoms with E-state index in [2.05, 4.69) is 0 Å². The van der Waals surface area contributed by atoms with Crippen molar-refractivity contribution in [2.75, 3.05) is 24.7 Å². The molecule has 2 aliphatic rings. The third-order valence-electron chi connectivity index (χ3n) is 4.10. The molecule has 1 spiro atoms. The Morgan fingerprint density at radius 1 is 1.26 bits per heavy atom. The minimum Gasteiger partial charge on any atom is -0.313 e. The summed E-state index contributed by atoms with van der Waals surface area (Å²) in [4.78, 5) is 14.2. The van der Waals surface area contributed by atoms with Gasteiger partial charge in [0, 0.05) is 24.8 Å². The minimum absolute atomic E-state index is 0.142. The Balaban J connectivity index is 2.27. The molecule has 2 aliphatic heterocycles. The van der Waals surface area contributed by atoms with Gasteiger partial charge in [0.15, 0.2) is 0 Å². The summed E-state index contributed by atoms with van der Waals surface area (Å²) in [6, 6.07) is 7.44.